The summed E-state index contributed by atoms with van der Waals surface area (Å²) in [4.78, 5) is 25.9. The maximum atomic E-state index is 12.5. The minimum Gasteiger partial charge on any atom is -0.480 e. The summed E-state index contributed by atoms with van der Waals surface area (Å²) in [7, 11) is 0. The molecule has 0 saturated heterocycles. The zero-order valence-electron chi connectivity index (χ0n) is 13.0. The number of carboxylic acids is 1. The number of carbonyl (C=O) groups is 2. The van der Waals surface area contributed by atoms with Crippen molar-refractivity contribution in [3.8, 4) is 0 Å². The number of benzene rings is 1. The highest BCUT2D eigenvalue weighted by Crippen LogP contribution is 2.23. The average molecular weight is 309 g/mol. The first-order valence-corrected chi connectivity index (χ1v) is 8.02. The van der Waals surface area contributed by atoms with E-state index in [2.05, 4.69) is 13.8 Å². The Morgan fingerprint density at radius 1 is 1.19 bits per heavy atom. The van der Waals surface area contributed by atoms with Crippen molar-refractivity contribution >= 4 is 23.6 Å². The van der Waals surface area contributed by atoms with Crippen LogP contribution in [0.5, 0.6) is 0 Å². The smallest absolute Gasteiger partial charge is 0.323 e. The summed E-state index contributed by atoms with van der Waals surface area (Å²) >= 11 is 1.73. The monoisotopic (exact) mass is 309 g/mol. The molecule has 0 aliphatic heterocycles. The summed E-state index contributed by atoms with van der Waals surface area (Å²) in [5.74, 6) is -1.22. The second kappa shape index (κ2) is 8.08. The van der Waals surface area contributed by atoms with Crippen molar-refractivity contribution in [3.05, 3.63) is 29.8 Å². The molecule has 0 fully saturated rings. The van der Waals surface area contributed by atoms with Gasteiger partial charge in [-0.25, -0.2) is 0 Å². The number of rotatable bonds is 7. The molecular weight excluding hydrogens is 286 g/mol. The first-order valence-electron chi connectivity index (χ1n) is 7.14. The number of carboxylic acid groups (broad SMARTS) is 1. The highest BCUT2D eigenvalue weighted by molar-refractivity contribution is 7.99. The Morgan fingerprint density at radius 2 is 1.76 bits per heavy atom. The Kier molecular flexibility index (Phi) is 6.75. The van der Waals surface area contributed by atoms with Crippen LogP contribution >= 0.6 is 11.8 Å². The van der Waals surface area contributed by atoms with Gasteiger partial charge in [0.05, 0.1) is 0 Å². The number of hydrogen-bond donors (Lipinski definition) is 1. The summed E-state index contributed by atoms with van der Waals surface area (Å²) in [6.07, 6.45) is 0.723. The lowest BCUT2D eigenvalue weighted by Crippen LogP contribution is -2.41. The molecule has 0 radical (unpaired) electrons. The SMILES string of the molecule is CCC(C)N(CC(=O)O)C(=O)c1ccc(SC(C)C)cc1. The summed E-state index contributed by atoms with van der Waals surface area (Å²) in [5.41, 5.74) is 0.532. The van der Waals surface area contributed by atoms with Crippen molar-refractivity contribution < 1.29 is 14.7 Å². The Morgan fingerprint density at radius 3 is 2.19 bits per heavy atom. The number of hydrogen-bond acceptors (Lipinski definition) is 3. The molecular formula is C16H23NO3S. The molecule has 1 amide bonds. The maximum absolute atomic E-state index is 12.5. The summed E-state index contributed by atoms with van der Waals surface area (Å²) in [6.45, 7) is 7.76. The van der Waals surface area contributed by atoms with Gasteiger partial charge >= 0.3 is 5.97 Å². The Hall–Kier alpha value is -1.49. The van der Waals surface area contributed by atoms with Crippen LogP contribution in [0.25, 0.3) is 0 Å². The van der Waals surface area contributed by atoms with Gasteiger partial charge < -0.3 is 10.0 Å². The first-order chi connectivity index (χ1) is 9.85. The molecule has 1 aromatic carbocycles. The van der Waals surface area contributed by atoms with Crippen LogP contribution in [-0.4, -0.2) is 39.7 Å². The Balaban J connectivity index is 2.90. The molecule has 0 aliphatic carbocycles. The van der Waals surface area contributed by atoms with Gasteiger partial charge in [0.2, 0.25) is 0 Å². The van der Waals surface area contributed by atoms with Gasteiger partial charge in [0.1, 0.15) is 6.54 Å². The van der Waals surface area contributed by atoms with Crippen LogP contribution in [-0.2, 0) is 4.79 Å². The third-order valence-electron chi connectivity index (χ3n) is 3.16. The minimum absolute atomic E-state index is 0.0988. The van der Waals surface area contributed by atoms with Gasteiger partial charge in [0, 0.05) is 21.8 Å². The molecule has 1 N–H and O–H groups in total. The van der Waals surface area contributed by atoms with Crippen LogP contribution in [0.2, 0.25) is 0 Å². The molecule has 0 aliphatic rings. The molecule has 4 nitrogen and oxygen atoms in total. The Labute approximate surface area is 130 Å². The van der Waals surface area contributed by atoms with Crippen LogP contribution in [0, 0.1) is 0 Å². The van der Waals surface area contributed by atoms with Crippen molar-refractivity contribution in [2.75, 3.05) is 6.54 Å². The fraction of sp³-hybridized carbons (Fsp3) is 0.500. The van der Waals surface area contributed by atoms with Gasteiger partial charge in [-0.3, -0.25) is 9.59 Å². The molecule has 1 aromatic rings. The topological polar surface area (TPSA) is 57.6 Å². The van der Waals surface area contributed by atoms with Gasteiger partial charge in [-0.1, -0.05) is 20.8 Å². The van der Waals surface area contributed by atoms with Crippen molar-refractivity contribution in [2.24, 2.45) is 0 Å². The molecule has 1 rings (SSSR count). The van der Waals surface area contributed by atoms with Gasteiger partial charge in [-0.2, -0.15) is 0 Å². The molecule has 0 bridgehead atoms. The van der Waals surface area contributed by atoms with Crippen molar-refractivity contribution in [2.45, 2.75) is 50.3 Å². The van der Waals surface area contributed by atoms with Crippen LogP contribution < -0.4 is 0 Å². The van der Waals surface area contributed by atoms with Crippen LogP contribution in [0.4, 0.5) is 0 Å². The van der Waals surface area contributed by atoms with Gasteiger partial charge in [-0.15, -0.1) is 11.8 Å². The van der Waals surface area contributed by atoms with E-state index in [9.17, 15) is 9.59 Å². The summed E-state index contributed by atoms with van der Waals surface area (Å²) < 4.78 is 0. The molecule has 0 spiro atoms. The number of amides is 1. The molecule has 0 aromatic heterocycles. The fourth-order valence-corrected chi connectivity index (χ4v) is 2.75. The predicted octanol–water partition coefficient (Wildman–Crippen LogP) is 3.51. The molecule has 0 saturated carbocycles. The zero-order valence-corrected chi connectivity index (χ0v) is 13.8. The maximum Gasteiger partial charge on any atom is 0.323 e. The van der Waals surface area contributed by atoms with E-state index < -0.39 is 5.97 Å². The van der Waals surface area contributed by atoms with Gasteiger partial charge in [-0.05, 0) is 37.6 Å². The van der Waals surface area contributed by atoms with E-state index in [0.29, 0.717) is 10.8 Å². The number of thioether (sulfide) groups is 1. The highest BCUT2D eigenvalue weighted by Gasteiger charge is 2.22. The lowest BCUT2D eigenvalue weighted by atomic mass is 10.1. The van der Waals surface area contributed by atoms with Crippen LogP contribution in [0.1, 0.15) is 44.5 Å². The molecule has 1 unspecified atom stereocenters. The molecule has 21 heavy (non-hydrogen) atoms. The lowest BCUT2D eigenvalue weighted by molar-refractivity contribution is -0.138. The molecule has 5 heteroatoms. The van der Waals surface area contributed by atoms with Crippen LogP contribution in [0.15, 0.2) is 29.2 Å². The van der Waals surface area contributed by atoms with E-state index in [4.69, 9.17) is 5.11 Å². The van der Waals surface area contributed by atoms with Crippen molar-refractivity contribution in [3.63, 3.8) is 0 Å². The first kappa shape index (κ1) is 17.6. The van der Waals surface area contributed by atoms with E-state index in [1.807, 2.05) is 26.0 Å². The second-order valence-corrected chi connectivity index (χ2v) is 6.92. The normalized spacial score (nSPS) is 12.2. The zero-order chi connectivity index (χ0) is 16.0. The lowest BCUT2D eigenvalue weighted by Gasteiger charge is -2.27. The van der Waals surface area contributed by atoms with Gasteiger partial charge in [0.15, 0.2) is 0 Å². The second-order valence-electron chi connectivity index (χ2n) is 5.28. The van der Waals surface area contributed by atoms with E-state index >= 15 is 0 Å². The highest BCUT2D eigenvalue weighted by atomic mass is 32.2. The minimum atomic E-state index is -0.990. The standard InChI is InChI=1S/C16H23NO3S/c1-5-12(4)17(10-15(18)19)16(20)13-6-8-14(9-7-13)21-11(2)3/h6-9,11-12H,5,10H2,1-4H3,(H,18,19). The van der Waals surface area contributed by atoms with E-state index in [1.165, 1.54) is 4.90 Å². The average Bonchev–Trinajstić information content (AvgIpc) is 2.43. The van der Waals surface area contributed by atoms with Crippen molar-refractivity contribution in [1.29, 1.82) is 0 Å². The predicted molar refractivity (Wildman–Crippen MR) is 85.9 cm³/mol. The summed E-state index contributed by atoms with van der Waals surface area (Å²) in [5, 5.41) is 9.45. The fourth-order valence-electron chi connectivity index (χ4n) is 1.91. The third-order valence-corrected chi connectivity index (χ3v) is 4.18. The molecule has 1 atom stereocenters. The number of carbonyl (C=O) groups excluding carboxylic acids is 1. The van der Waals surface area contributed by atoms with E-state index in [0.717, 1.165) is 11.3 Å². The number of nitrogens with zero attached hydrogens (tertiary/aromatic N) is 1. The van der Waals surface area contributed by atoms with Crippen molar-refractivity contribution in [1.82, 2.24) is 4.90 Å². The summed E-state index contributed by atoms with van der Waals surface area (Å²) in [6, 6.07) is 7.26. The molecule has 0 heterocycles. The quantitative estimate of drug-likeness (QED) is 0.783. The molecule has 116 valence electrons. The van der Waals surface area contributed by atoms with E-state index in [1.54, 1.807) is 23.9 Å². The Bertz CT molecular complexity index is 485. The van der Waals surface area contributed by atoms with Gasteiger partial charge in [0.25, 0.3) is 5.91 Å². The van der Waals surface area contributed by atoms with Crippen LogP contribution in [0.3, 0.4) is 0 Å². The van der Waals surface area contributed by atoms with E-state index in [-0.39, 0.29) is 18.5 Å². The number of aliphatic carboxylic acids is 1. The third kappa shape index (κ3) is 5.42. The largest absolute Gasteiger partial charge is 0.480 e.